The van der Waals surface area contributed by atoms with Crippen molar-refractivity contribution in [2.45, 2.75) is 20.0 Å². The second-order valence-corrected chi connectivity index (χ2v) is 6.01. The molecule has 5 heteroatoms. The van der Waals surface area contributed by atoms with Crippen molar-refractivity contribution in [2.24, 2.45) is 12.0 Å². The Morgan fingerprint density at radius 3 is 2.71 bits per heavy atom. The van der Waals surface area contributed by atoms with Crippen molar-refractivity contribution in [1.29, 1.82) is 0 Å². The molecule has 1 aromatic carbocycles. The van der Waals surface area contributed by atoms with Crippen molar-refractivity contribution in [3.05, 3.63) is 59.6 Å². The summed E-state index contributed by atoms with van der Waals surface area (Å²) in [4.78, 5) is 6.48. The molecule has 126 valence electrons. The Hall–Kier alpha value is -2.69. The third-order valence-electron chi connectivity index (χ3n) is 4.37. The maximum absolute atomic E-state index is 5.96. The van der Waals surface area contributed by atoms with Gasteiger partial charge in [-0.1, -0.05) is 18.2 Å². The van der Waals surface area contributed by atoms with Gasteiger partial charge in [0.05, 0.1) is 13.1 Å². The lowest BCUT2D eigenvalue weighted by atomic mass is 10.1. The molecule has 0 aliphatic heterocycles. The third-order valence-corrected chi connectivity index (χ3v) is 4.37. The number of fused-ring (bicyclic) bond motifs is 1. The Bertz CT molecular complexity index is 859. The molecule has 2 aromatic heterocycles. The molecule has 0 fully saturated rings. The zero-order valence-electron chi connectivity index (χ0n) is 14.7. The van der Waals surface area contributed by atoms with Gasteiger partial charge in [-0.05, 0) is 25.1 Å². The predicted octanol–water partition coefficient (Wildman–Crippen LogP) is 3.29. The predicted molar refractivity (Wildman–Crippen MR) is 98.0 cm³/mol. The number of hydrogen-bond acceptors (Lipinski definition) is 2. The largest absolute Gasteiger partial charge is 0.459 e. The number of para-hydroxylation sites is 1. The first-order valence-corrected chi connectivity index (χ1v) is 8.09. The zero-order chi connectivity index (χ0) is 17.1. The van der Waals surface area contributed by atoms with E-state index in [1.165, 1.54) is 16.6 Å². The van der Waals surface area contributed by atoms with Gasteiger partial charge in [-0.2, -0.15) is 0 Å². The fraction of sp³-hybridized carbons (Fsp3) is 0.316. The van der Waals surface area contributed by atoms with Crippen molar-refractivity contribution in [1.82, 2.24) is 14.8 Å². The number of nitrogens with zero attached hydrogens (tertiary/aromatic N) is 3. The van der Waals surface area contributed by atoms with Gasteiger partial charge in [0.2, 0.25) is 0 Å². The van der Waals surface area contributed by atoms with Crippen LogP contribution in [0.5, 0.6) is 0 Å². The lowest BCUT2D eigenvalue weighted by Gasteiger charge is -2.22. The fourth-order valence-corrected chi connectivity index (χ4v) is 2.92. The van der Waals surface area contributed by atoms with E-state index in [-0.39, 0.29) is 0 Å². The van der Waals surface area contributed by atoms with Gasteiger partial charge < -0.3 is 19.2 Å². The van der Waals surface area contributed by atoms with E-state index >= 15 is 0 Å². The van der Waals surface area contributed by atoms with Crippen LogP contribution in [0.3, 0.4) is 0 Å². The molecule has 24 heavy (non-hydrogen) atoms. The van der Waals surface area contributed by atoms with Gasteiger partial charge in [-0.3, -0.25) is 4.99 Å². The molecule has 2 heterocycles. The van der Waals surface area contributed by atoms with Crippen LogP contribution in [0.1, 0.15) is 17.0 Å². The number of nitrogens with one attached hydrogen (secondary N) is 1. The molecular formula is C19H24N4O. The number of aromatic nitrogens is 1. The number of aliphatic imine (C=N–C) groups is 1. The van der Waals surface area contributed by atoms with Crippen LogP contribution >= 0.6 is 0 Å². The number of guanidine groups is 1. The number of aryl methyl sites for hydroxylation is 2. The summed E-state index contributed by atoms with van der Waals surface area (Å²) in [6, 6.07) is 12.3. The molecule has 1 N–H and O–H groups in total. The van der Waals surface area contributed by atoms with Crippen LogP contribution < -0.4 is 5.32 Å². The number of hydrogen-bond donors (Lipinski definition) is 1. The molecule has 0 aliphatic rings. The van der Waals surface area contributed by atoms with Gasteiger partial charge in [0, 0.05) is 44.0 Å². The van der Waals surface area contributed by atoms with Crippen LogP contribution in [0.2, 0.25) is 0 Å². The van der Waals surface area contributed by atoms with Gasteiger partial charge in [0.1, 0.15) is 11.3 Å². The van der Waals surface area contributed by atoms with Crippen molar-refractivity contribution >= 4 is 16.9 Å². The summed E-state index contributed by atoms with van der Waals surface area (Å²) in [5.41, 5.74) is 3.35. The average molecular weight is 324 g/mol. The highest BCUT2D eigenvalue weighted by molar-refractivity contribution is 5.82. The van der Waals surface area contributed by atoms with E-state index in [1.807, 2.05) is 25.2 Å². The maximum atomic E-state index is 5.96. The van der Waals surface area contributed by atoms with E-state index in [0.29, 0.717) is 6.54 Å². The summed E-state index contributed by atoms with van der Waals surface area (Å²) in [5.74, 6) is 1.79. The molecule has 0 saturated carbocycles. The molecule has 0 spiro atoms. The van der Waals surface area contributed by atoms with Gasteiger partial charge in [0.25, 0.3) is 0 Å². The fourth-order valence-electron chi connectivity index (χ4n) is 2.92. The summed E-state index contributed by atoms with van der Waals surface area (Å²) in [6.07, 6.45) is 2.05. The quantitative estimate of drug-likeness (QED) is 0.592. The zero-order valence-corrected chi connectivity index (χ0v) is 14.7. The number of furan rings is 1. The molecule has 3 aromatic rings. The van der Waals surface area contributed by atoms with E-state index in [0.717, 1.165) is 23.8 Å². The van der Waals surface area contributed by atoms with Crippen molar-refractivity contribution < 1.29 is 4.42 Å². The van der Waals surface area contributed by atoms with Gasteiger partial charge in [0.15, 0.2) is 5.96 Å². The second-order valence-electron chi connectivity index (χ2n) is 6.01. The van der Waals surface area contributed by atoms with Gasteiger partial charge in [-0.15, -0.1) is 0 Å². The lowest BCUT2D eigenvalue weighted by Crippen LogP contribution is -2.38. The first-order chi connectivity index (χ1) is 11.6. The Kier molecular flexibility index (Phi) is 4.60. The Morgan fingerprint density at radius 1 is 1.25 bits per heavy atom. The van der Waals surface area contributed by atoms with Crippen LogP contribution in [-0.2, 0) is 20.1 Å². The van der Waals surface area contributed by atoms with Crippen molar-refractivity contribution in [2.75, 3.05) is 14.1 Å². The molecule has 0 radical (unpaired) electrons. The smallest absolute Gasteiger partial charge is 0.194 e. The molecule has 3 rings (SSSR count). The summed E-state index contributed by atoms with van der Waals surface area (Å²) >= 11 is 0. The molecule has 0 atom stereocenters. The van der Waals surface area contributed by atoms with Gasteiger partial charge >= 0.3 is 0 Å². The summed E-state index contributed by atoms with van der Waals surface area (Å²) < 4.78 is 8.08. The second kappa shape index (κ2) is 6.83. The average Bonchev–Trinajstić information content (AvgIpc) is 3.12. The van der Waals surface area contributed by atoms with E-state index < -0.39 is 0 Å². The van der Waals surface area contributed by atoms with Crippen LogP contribution in [-0.4, -0.2) is 29.5 Å². The normalized spacial score (nSPS) is 11.9. The maximum Gasteiger partial charge on any atom is 0.194 e. The highest BCUT2D eigenvalue weighted by Gasteiger charge is 2.12. The standard InChI is InChI=1S/C19H24N4O/c1-14-16-9-5-6-10-17(16)24-18(14)12-21-19(20-2)23(4)13-15-8-7-11-22(15)3/h5-11H,12-13H2,1-4H3,(H,20,21). The summed E-state index contributed by atoms with van der Waals surface area (Å²) in [7, 11) is 5.89. The van der Waals surface area contributed by atoms with E-state index in [9.17, 15) is 0 Å². The topological polar surface area (TPSA) is 45.7 Å². The Balaban J connectivity index is 1.69. The minimum atomic E-state index is 0.616. The minimum Gasteiger partial charge on any atom is -0.459 e. The van der Waals surface area contributed by atoms with Gasteiger partial charge in [-0.25, -0.2) is 0 Å². The summed E-state index contributed by atoms with van der Waals surface area (Å²) in [5, 5.41) is 4.56. The van der Waals surface area contributed by atoms with Crippen LogP contribution in [0.25, 0.3) is 11.0 Å². The first kappa shape index (κ1) is 16.2. The molecule has 5 nitrogen and oxygen atoms in total. The van der Waals surface area contributed by atoms with E-state index in [1.54, 1.807) is 7.05 Å². The highest BCUT2D eigenvalue weighted by Crippen LogP contribution is 2.24. The van der Waals surface area contributed by atoms with Crippen LogP contribution in [0.15, 0.2) is 52.0 Å². The van der Waals surface area contributed by atoms with Crippen LogP contribution in [0.4, 0.5) is 0 Å². The van der Waals surface area contributed by atoms with E-state index in [2.05, 4.69) is 58.1 Å². The molecule has 0 amide bonds. The number of rotatable bonds is 4. The SMILES string of the molecule is CN=C(NCc1oc2ccccc2c1C)N(C)Cc1cccn1C. The number of benzene rings is 1. The first-order valence-electron chi connectivity index (χ1n) is 8.09. The monoisotopic (exact) mass is 324 g/mol. The molecular weight excluding hydrogens is 300 g/mol. The minimum absolute atomic E-state index is 0.616. The molecule has 0 aliphatic carbocycles. The third kappa shape index (κ3) is 3.15. The molecule has 0 unspecified atom stereocenters. The Labute approximate surface area is 142 Å². The van der Waals surface area contributed by atoms with Crippen molar-refractivity contribution in [3.8, 4) is 0 Å². The highest BCUT2D eigenvalue weighted by atomic mass is 16.3. The van der Waals surface area contributed by atoms with E-state index in [4.69, 9.17) is 4.42 Å². The molecule has 0 saturated heterocycles. The van der Waals surface area contributed by atoms with Crippen molar-refractivity contribution in [3.63, 3.8) is 0 Å². The van der Waals surface area contributed by atoms with Crippen LogP contribution in [0, 0.1) is 6.92 Å². The molecule has 0 bridgehead atoms. The summed E-state index contributed by atoms with van der Waals surface area (Å²) in [6.45, 7) is 3.51. The lowest BCUT2D eigenvalue weighted by molar-refractivity contribution is 0.453. The Morgan fingerprint density at radius 2 is 2.04 bits per heavy atom.